The predicted octanol–water partition coefficient (Wildman–Crippen LogP) is 2.60. The molecule has 2 unspecified atom stereocenters. The van der Waals surface area contributed by atoms with Crippen LogP contribution < -0.4 is 10.1 Å². The fraction of sp³-hybridized carbons (Fsp3) is 0.381. The normalized spacial score (nSPS) is 21.6. The summed E-state index contributed by atoms with van der Waals surface area (Å²) in [5.41, 5.74) is 3.03. The largest absolute Gasteiger partial charge is 0.492 e. The fourth-order valence-corrected chi connectivity index (χ4v) is 3.89. The van der Waals surface area contributed by atoms with E-state index in [2.05, 4.69) is 33.0 Å². The first-order valence-corrected chi connectivity index (χ1v) is 9.57. The van der Waals surface area contributed by atoms with Gasteiger partial charge in [-0.2, -0.15) is 10.4 Å². The van der Waals surface area contributed by atoms with Crippen molar-refractivity contribution < 1.29 is 4.74 Å². The molecule has 0 spiro atoms. The number of pyridine rings is 1. The summed E-state index contributed by atoms with van der Waals surface area (Å²) >= 11 is 0. The Morgan fingerprint density at radius 2 is 2.25 bits per heavy atom. The Balaban J connectivity index is 1.65. The maximum atomic E-state index is 9.48. The van der Waals surface area contributed by atoms with Crippen LogP contribution in [0, 0.1) is 11.3 Å². The number of nitrogens with zero attached hydrogens (tertiary/aromatic N) is 5. The lowest BCUT2D eigenvalue weighted by Gasteiger charge is -2.48. The number of rotatable bonds is 6. The van der Waals surface area contributed by atoms with E-state index >= 15 is 0 Å². The third-order valence-corrected chi connectivity index (χ3v) is 5.28. The third-order valence-electron chi connectivity index (χ3n) is 5.28. The highest BCUT2D eigenvalue weighted by atomic mass is 16.5. The SMILES string of the molecule is C=C(/N=C\C(=C/C)c1cc(OCC)cn2ncc(C#N)c12)N1CC2CC(C1)N2. The van der Waals surface area contributed by atoms with Gasteiger partial charge in [0.2, 0.25) is 0 Å². The van der Waals surface area contributed by atoms with Gasteiger partial charge in [0.25, 0.3) is 0 Å². The first-order chi connectivity index (χ1) is 13.6. The molecule has 2 atom stereocenters. The molecule has 7 heteroatoms. The molecule has 0 aliphatic carbocycles. The van der Waals surface area contributed by atoms with Crippen molar-refractivity contribution in [1.82, 2.24) is 19.8 Å². The predicted molar refractivity (Wildman–Crippen MR) is 109 cm³/mol. The van der Waals surface area contributed by atoms with Gasteiger partial charge in [-0.15, -0.1) is 0 Å². The number of hydrogen-bond acceptors (Lipinski definition) is 6. The molecule has 3 fully saturated rings. The molecular formula is C21H24N6O. The molecule has 7 nitrogen and oxygen atoms in total. The Morgan fingerprint density at radius 3 is 2.89 bits per heavy atom. The second-order valence-corrected chi connectivity index (χ2v) is 7.11. The van der Waals surface area contributed by atoms with E-state index < -0.39 is 0 Å². The molecule has 1 N–H and O–H groups in total. The van der Waals surface area contributed by atoms with Crippen LogP contribution in [0.25, 0.3) is 11.1 Å². The van der Waals surface area contributed by atoms with Gasteiger partial charge in [-0.25, -0.2) is 9.51 Å². The van der Waals surface area contributed by atoms with Gasteiger partial charge in [0, 0.05) is 37.0 Å². The van der Waals surface area contributed by atoms with Gasteiger partial charge >= 0.3 is 0 Å². The summed E-state index contributed by atoms with van der Waals surface area (Å²) in [5, 5.41) is 17.3. The van der Waals surface area contributed by atoms with Crippen molar-refractivity contribution in [3.63, 3.8) is 0 Å². The van der Waals surface area contributed by atoms with Gasteiger partial charge in [-0.1, -0.05) is 12.7 Å². The molecule has 5 heterocycles. The van der Waals surface area contributed by atoms with Gasteiger partial charge in [-0.05, 0) is 31.9 Å². The van der Waals surface area contributed by atoms with Crippen LogP contribution in [-0.4, -0.2) is 52.5 Å². The van der Waals surface area contributed by atoms with Crippen LogP contribution in [0.1, 0.15) is 31.4 Å². The Labute approximate surface area is 164 Å². The zero-order valence-corrected chi connectivity index (χ0v) is 16.2. The van der Waals surface area contributed by atoms with Crippen LogP contribution in [0.2, 0.25) is 0 Å². The molecule has 5 rings (SSSR count). The molecule has 0 aromatic carbocycles. The molecule has 2 aromatic rings. The first-order valence-electron chi connectivity index (χ1n) is 9.57. The van der Waals surface area contributed by atoms with E-state index in [1.807, 2.05) is 32.2 Å². The zero-order valence-electron chi connectivity index (χ0n) is 16.2. The molecule has 2 aromatic heterocycles. The molecule has 0 radical (unpaired) electrons. The van der Waals surface area contributed by atoms with Crippen LogP contribution in [0.15, 0.2) is 41.9 Å². The Morgan fingerprint density at radius 1 is 1.50 bits per heavy atom. The maximum absolute atomic E-state index is 9.48. The number of hydrogen-bond donors (Lipinski definition) is 1. The van der Waals surface area contributed by atoms with Crippen molar-refractivity contribution >= 4 is 17.3 Å². The summed E-state index contributed by atoms with van der Waals surface area (Å²) in [6.07, 6.45) is 8.40. The monoisotopic (exact) mass is 376 g/mol. The maximum Gasteiger partial charge on any atom is 0.138 e. The minimum atomic E-state index is 0.520. The molecule has 0 amide bonds. The molecule has 3 aliphatic rings. The van der Waals surface area contributed by atoms with Crippen molar-refractivity contribution in [2.45, 2.75) is 32.4 Å². The third kappa shape index (κ3) is 3.27. The molecule has 144 valence electrons. The number of nitriles is 1. The van der Waals surface area contributed by atoms with E-state index in [1.54, 1.807) is 16.9 Å². The van der Waals surface area contributed by atoms with Gasteiger partial charge in [0.15, 0.2) is 0 Å². The highest BCUT2D eigenvalue weighted by Gasteiger charge is 2.36. The summed E-state index contributed by atoms with van der Waals surface area (Å²) in [6.45, 7) is 10.5. The van der Waals surface area contributed by atoms with E-state index in [0.29, 0.717) is 30.0 Å². The standard InChI is InChI=1S/C21H24N6O/c1-4-15(9-23-14(3)26-11-17-6-18(12-26)25-17)20-7-19(28-5-2)13-27-21(20)16(8-22)10-24-27/h4,7,9-10,13,17-18,25H,3,5-6,11-12H2,1-2H3/b15-4+,23-9-. The van der Waals surface area contributed by atoms with Crippen molar-refractivity contribution in [1.29, 1.82) is 5.26 Å². The number of aliphatic imine (C=N–C) groups is 1. The smallest absolute Gasteiger partial charge is 0.138 e. The first kappa shape index (κ1) is 18.3. The van der Waals surface area contributed by atoms with Crippen LogP contribution in [0.5, 0.6) is 5.75 Å². The van der Waals surface area contributed by atoms with Crippen molar-refractivity contribution in [3.8, 4) is 11.8 Å². The van der Waals surface area contributed by atoms with Crippen LogP contribution in [0.4, 0.5) is 0 Å². The molecule has 2 bridgehead atoms. The van der Waals surface area contributed by atoms with Crippen molar-refractivity contribution in [2.75, 3.05) is 19.7 Å². The van der Waals surface area contributed by atoms with Gasteiger partial charge < -0.3 is 15.0 Å². The number of piperidine rings is 1. The summed E-state index contributed by atoms with van der Waals surface area (Å²) in [5.74, 6) is 1.47. The molecule has 3 aliphatic heterocycles. The van der Waals surface area contributed by atoms with Crippen molar-refractivity contribution in [2.24, 2.45) is 4.99 Å². The molecule has 3 saturated heterocycles. The van der Waals surface area contributed by atoms with Gasteiger partial charge in [0.05, 0.1) is 30.1 Å². The molecule has 28 heavy (non-hydrogen) atoms. The number of piperazine rings is 1. The number of aromatic nitrogens is 2. The fourth-order valence-electron chi connectivity index (χ4n) is 3.89. The van der Waals surface area contributed by atoms with E-state index in [0.717, 1.165) is 35.6 Å². The minimum Gasteiger partial charge on any atom is -0.492 e. The number of allylic oxidation sites excluding steroid dienone is 2. The lowest BCUT2D eigenvalue weighted by Crippen LogP contribution is -2.66. The van der Waals surface area contributed by atoms with Crippen LogP contribution in [-0.2, 0) is 0 Å². The van der Waals surface area contributed by atoms with Crippen LogP contribution >= 0.6 is 0 Å². The Kier molecular flexibility index (Phi) is 4.88. The summed E-state index contributed by atoms with van der Waals surface area (Å²) in [7, 11) is 0. The zero-order chi connectivity index (χ0) is 19.7. The highest BCUT2D eigenvalue weighted by molar-refractivity contribution is 6.13. The lowest BCUT2D eigenvalue weighted by molar-refractivity contribution is 0.103. The Bertz CT molecular complexity index is 996. The lowest BCUT2D eigenvalue weighted by atomic mass is 9.91. The molecule has 0 saturated carbocycles. The summed E-state index contributed by atoms with van der Waals surface area (Å²) in [4.78, 5) is 6.86. The summed E-state index contributed by atoms with van der Waals surface area (Å²) < 4.78 is 7.37. The average molecular weight is 376 g/mol. The number of nitrogens with one attached hydrogen (secondary N) is 1. The highest BCUT2D eigenvalue weighted by Crippen LogP contribution is 2.28. The number of fused-ring (bicyclic) bond motifs is 3. The van der Waals surface area contributed by atoms with Crippen LogP contribution in [0.3, 0.4) is 0 Å². The Hall–Kier alpha value is -3.11. The van der Waals surface area contributed by atoms with Gasteiger partial charge in [-0.3, -0.25) is 0 Å². The van der Waals surface area contributed by atoms with Crippen molar-refractivity contribution in [3.05, 3.63) is 48.1 Å². The topological polar surface area (TPSA) is 78.0 Å². The second-order valence-electron chi connectivity index (χ2n) is 7.11. The minimum absolute atomic E-state index is 0.520. The van der Waals surface area contributed by atoms with E-state index in [-0.39, 0.29) is 0 Å². The molecular weight excluding hydrogens is 352 g/mol. The number of ether oxygens (including phenoxy) is 1. The van der Waals surface area contributed by atoms with E-state index in [4.69, 9.17) is 4.74 Å². The summed E-state index contributed by atoms with van der Waals surface area (Å²) in [6, 6.07) is 5.26. The quantitative estimate of drug-likeness (QED) is 0.784. The van der Waals surface area contributed by atoms with E-state index in [9.17, 15) is 5.26 Å². The average Bonchev–Trinajstić information content (AvgIpc) is 3.11. The second kappa shape index (κ2) is 7.49. The van der Waals surface area contributed by atoms with E-state index in [1.165, 1.54) is 6.42 Å². The van der Waals surface area contributed by atoms with Gasteiger partial charge in [0.1, 0.15) is 17.6 Å².